The first-order valence-electron chi connectivity index (χ1n) is 10.3. The van der Waals surface area contributed by atoms with E-state index in [-0.39, 0.29) is 35.2 Å². The molecule has 2 fully saturated rings. The Hall–Kier alpha value is -2.00. The molecule has 170 valence electrons. The molecule has 0 bridgehead atoms. The molecular weight excluding hydrogens is 426 g/mol. The topological polar surface area (TPSA) is 97.6 Å². The van der Waals surface area contributed by atoms with Crippen molar-refractivity contribution in [2.24, 2.45) is 17.5 Å². The second-order valence-electron chi connectivity index (χ2n) is 8.35. The monoisotopic (exact) mass is 454 g/mol. The minimum absolute atomic E-state index is 0.0804. The average Bonchev–Trinajstić information content (AvgIpc) is 3.53. The lowest BCUT2D eigenvalue weighted by atomic mass is 9.78. The lowest BCUT2D eigenvalue weighted by Gasteiger charge is -2.36. The van der Waals surface area contributed by atoms with E-state index in [1.54, 1.807) is 29.3 Å². The maximum atomic E-state index is 13.6. The van der Waals surface area contributed by atoms with E-state index in [1.807, 2.05) is 0 Å². The fraction of sp³-hybridized carbons (Fsp3) is 0.500. The number of allylic oxidation sites excluding steroid dienone is 2. The Bertz CT molecular complexity index is 861. The predicted molar refractivity (Wildman–Crippen MR) is 116 cm³/mol. The van der Waals surface area contributed by atoms with Crippen molar-refractivity contribution >= 4 is 11.6 Å². The Labute approximate surface area is 186 Å². The number of nitrogens with two attached hydrogens (primary N) is 2. The van der Waals surface area contributed by atoms with Gasteiger partial charge in [0.05, 0.1) is 5.60 Å². The molecule has 2 aliphatic rings. The molecule has 0 unspecified atom stereocenters. The fourth-order valence-electron chi connectivity index (χ4n) is 3.54. The molecule has 0 saturated heterocycles. The zero-order valence-corrected chi connectivity index (χ0v) is 18.1. The van der Waals surface area contributed by atoms with Crippen molar-refractivity contribution in [2.75, 3.05) is 13.1 Å². The molecule has 0 radical (unpaired) electrons. The van der Waals surface area contributed by atoms with Crippen molar-refractivity contribution in [1.29, 1.82) is 0 Å². The van der Waals surface area contributed by atoms with E-state index in [9.17, 15) is 13.9 Å². The molecule has 2 aliphatic carbocycles. The molecule has 0 aliphatic heterocycles. The second kappa shape index (κ2) is 9.65. The SMILES string of the molecule is C=C(N)/C(Cl)=C(\C=C/CN(N)CC1CC1)Oc1ncccc1C1(O)CCC(F)(F)CC1. The van der Waals surface area contributed by atoms with Crippen molar-refractivity contribution in [3.05, 3.63) is 59.1 Å². The van der Waals surface area contributed by atoms with Crippen molar-refractivity contribution in [1.82, 2.24) is 9.99 Å². The summed E-state index contributed by atoms with van der Waals surface area (Å²) < 4.78 is 33.2. The van der Waals surface area contributed by atoms with E-state index in [1.165, 1.54) is 19.0 Å². The van der Waals surface area contributed by atoms with Crippen LogP contribution in [0.2, 0.25) is 0 Å². The molecule has 0 spiro atoms. The number of hydrogen-bond donors (Lipinski definition) is 3. The minimum atomic E-state index is -2.78. The number of pyridine rings is 1. The minimum Gasteiger partial charge on any atom is -0.437 e. The molecule has 0 aromatic carbocycles. The molecular formula is C22H29ClF2N4O2. The molecule has 6 nitrogen and oxygen atoms in total. The van der Waals surface area contributed by atoms with Gasteiger partial charge in [-0.25, -0.2) is 18.8 Å². The average molecular weight is 455 g/mol. The van der Waals surface area contributed by atoms with Crippen LogP contribution in [-0.4, -0.2) is 34.1 Å². The number of hydrazine groups is 1. The van der Waals surface area contributed by atoms with Gasteiger partial charge < -0.3 is 15.6 Å². The normalized spacial score (nSPS) is 21.2. The van der Waals surface area contributed by atoms with Crippen LogP contribution in [0.1, 0.15) is 44.1 Å². The van der Waals surface area contributed by atoms with Gasteiger partial charge in [0.25, 0.3) is 0 Å². The maximum absolute atomic E-state index is 13.6. The molecule has 1 heterocycles. The molecule has 2 saturated carbocycles. The highest BCUT2D eigenvalue weighted by Gasteiger charge is 2.44. The van der Waals surface area contributed by atoms with Crippen LogP contribution in [0.5, 0.6) is 5.88 Å². The van der Waals surface area contributed by atoms with E-state index in [2.05, 4.69) is 11.6 Å². The van der Waals surface area contributed by atoms with E-state index < -0.39 is 24.4 Å². The summed E-state index contributed by atoms with van der Waals surface area (Å²) in [6, 6.07) is 3.25. The van der Waals surface area contributed by atoms with Crippen molar-refractivity contribution in [3.63, 3.8) is 0 Å². The zero-order valence-electron chi connectivity index (χ0n) is 17.4. The third-order valence-electron chi connectivity index (χ3n) is 5.58. The van der Waals surface area contributed by atoms with Crippen LogP contribution in [0.3, 0.4) is 0 Å². The molecule has 0 amide bonds. The number of halogens is 3. The van der Waals surface area contributed by atoms with Gasteiger partial charge in [0.2, 0.25) is 11.8 Å². The van der Waals surface area contributed by atoms with Crippen LogP contribution in [0.4, 0.5) is 8.78 Å². The van der Waals surface area contributed by atoms with Gasteiger partial charge in [-0.15, -0.1) is 0 Å². The van der Waals surface area contributed by atoms with Gasteiger partial charge in [-0.1, -0.05) is 24.3 Å². The van der Waals surface area contributed by atoms with Crippen LogP contribution in [-0.2, 0) is 5.60 Å². The van der Waals surface area contributed by atoms with Gasteiger partial charge in [-0.2, -0.15) is 0 Å². The Balaban J connectivity index is 1.80. The Morgan fingerprint density at radius 3 is 2.65 bits per heavy atom. The van der Waals surface area contributed by atoms with Crippen LogP contribution in [0, 0.1) is 5.92 Å². The first-order valence-corrected chi connectivity index (χ1v) is 10.7. The third-order valence-corrected chi connectivity index (χ3v) is 6.01. The van der Waals surface area contributed by atoms with Crippen LogP contribution in [0.15, 0.2) is 53.5 Å². The summed E-state index contributed by atoms with van der Waals surface area (Å²) in [7, 11) is 0. The number of alkyl halides is 2. The lowest BCUT2D eigenvalue weighted by Crippen LogP contribution is -2.36. The second-order valence-corrected chi connectivity index (χ2v) is 8.73. The highest BCUT2D eigenvalue weighted by Crippen LogP contribution is 2.46. The first-order chi connectivity index (χ1) is 14.6. The summed E-state index contributed by atoms with van der Waals surface area (Å²) in [4.78, 5) is 4.21. The van der Waals surface area contributed by atoms with Gasteiger partial charge in [0.15, 0.2) is 0 Å². The Morgan fingerprint density at radius 2 is 2.03 bits per heavy atom. The first kappa shape index (κ1) is 23.7. The summed E-state index contributed by atoms with van der Waals surface area (Å²) >= 11 is 6.30. The smallest absolute Gasteiger partial charge is 0.248 e. The third kappa shape index (κ3) is 6.49. The quantitative estimate of drug-likeness (QED) is 0.226. The summed E-state index contributed by atoms with van der Waals surface area (Å²) in [5.41, 5.74) is 4.70. The molecule has 0 atom stereocenters. The highest BCUT2D eigenvalue weighted by atomic mass is 35.5. The molecule has 1 aromatic heterocycles. The zero-order chi connectivity index (χ0) is 22.6. The van der Waals surface area contributed by atoms with Gasteiger partial charge in [0, 0.05) is 43.4 Å². The van der Waals surface area contributed by atoms with Gasteiger partial charge in [-0.05, 0) is 49.8 Å². The molecule has 3 rings (SSSR count). The highest BCUT2D eigenvalue weighted by molar-refractivity contribution is 6.32. The standard InChI is InChI=1S/C22H29ClF2N4O2/c1-15(26)19(23)18(5-3-13-29(27)14-16-6-7-16)31-20-17(4-2-12-28-20)21(30)8-10-22(24,25)11-9-21/h2-5,12,16,30H,1,6-11,13-14,26-27H2/b5-3-,19-18-. The number of rotatable bonds is 9. The van der Waals surface area contributed by atoms with E-state index >= 15 is 0 Å². The van der Waals surface area contributed by atoms with Crippen molar-refractivity contribution in [3.8, 4) is 5.88 Å². The number of nitrogens with zero attached hydrogens (tertiary/aromatic N) is 2. The van der Waals surface area contributed by atoms with Crippen molar-refractivity contribution in [2.45, 2.75) is 50.0 Å². The predicted octanol–water partition coefficient (Wildman–Crippen LogP) is 3.92. The summed E-state index contributed by atoms with van der Waals surface area (Å²) in [5, 5.41) is 12.9. The number of ether oxygens (including phenoxy) is 1. The van der Waals surface area contributed by atoms with E-state index in [4.69, 9.17) is 27.9 Å². The molecule has 9 heteroatoms. The van der Waals surface area contributed by atoms with Crippen LogP contribution < -0.4 is 16.3 Å². The maximum Gasteiger partial charge on any atom is 0.248 e. The number of hydrogen-bond acceptors (Lipinski definition) is 6. The summed E-state index contributed by atoms with van der Waals surface area (Å²) in [6.07, 6.45) is 6.26. The molecule has 1 aromatic rings. The summed E-state index contributed by atoms with van der Waals surface area (Å²) in [5.74, 6) is 4.12. The van der Waals surface area contributed by atoms with E-state index in [0.717, 1.165) is 6.54 Å². The fourth-order valence-corrected chi connectivity index (χ4v) is 3.64. The van der Waals surface area contributed by atoms with Gasteiger partial charge in [0.1, 0.15) is 10.8 Å². The molecule has 31 heavy (non-hydrogen) atoms. The Morgan fingerprint density at radius 1 is 1.35 bits per heavy atom. The van der Waals surface area contributed by atoms with Crippen molar-refractivity contribution < 1.29 is 18.6 Å². The van der Waals surface area contributed by atoms with E-state index in [0.29, 0.717) is 18.0 Å². The van der Waals surface area contributed by atoms with Crippen LogP contribution >= 0.6 is 11.6 Å². The largest absolute Gasteiger partial charge is 0.437 e. The Kier molecular flexibility index (Phi) is 7.36. The molecule has 5 N–H and O–H groups in total. The van der Waals surface area contributed by atoms with Crippen LogP contribution in [0.25, 0.3) is 0 Å². The van der Waals surface area contributed by atoms with Gasteiger partial charge >= 0.3 is 0 Å². The lowest BCUT2D eigenvalue weighted by molar-refractivity contribution is -0.107. The number of aromatic nitrogens is 1. The van der Waals surface area contributed by atoms with Gasteiger partial charge in [-0.3, -0.25) is 5.84 Å². The number of aliphatic hydroxyl groups is 1. The summed E-state index contributed by atoms with van der Waals surface area (Å²) in [6.45, 7) is 4.92.